The number of nitrogens with zero attached hydrogens (tertiary/aromatic N) is 2. The molecule has 1 N–H and O–H groups in total. The molecule has 0 aliphatic carbocycles. The van der Waals surface area contributed by atoms with Crippen LogP contribution >= 0.6 is 0 Å². The third-order valence-electron chi connectivity index (χ3n) is 4.48. The smallest absolute Gasteiger partial charge is 0.264 e. The lowest BCUT2D eigenvalue weighted by atomic mass is 10.2. The molecule has 0 spiro atoms. The van der Waals surface area contributed by atoms with E-state index in [2.05, 4.69) is 10.5 Å². The Morgan fingerprint density at radius 2 is 1.81 bits per heavy atom. The lowest BCUT2D eigenvalue weighted by Crippen LogP contribution is -2.39. The molecule has 0 bridgehead atoms. The van der Waals surface area contributed by atoms with E-state index in [4.69, 9.17) is 13.9 Å². The van der Waals surface area contributed by atoms with E-state index in [9.17, 15) is 13.2 Å². The Kier molecular flexibility index (Phi) is 7.16. The van der Waals surface area contributed by atoms with Gasteiger partial charge in [0.05, 0.1) is 37.3 Å². The quantitative estimate of drug-likeness (QED) is 0.391. The summed E-state index contributed by atoms with van der Waals surface area (Å²) in [7, 11) is -1.25. The van der Waals surface area contributed by atoms with Gasteiger partial charge in [-0.2, -0.15) is 5.10 Å². The number of anilines is 1. The Bertz CT molecular complexity index is 1190. The number of furan rings is 1. The van der Waals surface area contributed by atoms with Crippen LogP contribution in [-0.2, 0) is 14.8 Å². The first kappa shape index (κ1) is 22.9. The topological polar surface area (TPSA) is 110 Å². The lowest BCUT2D eigenvalue weighted by molar-refractivity contribution is -0.119. The molecule has 1 amide bonds. The number of nitrogens with one attached hydrogen (secondary N) is 1. The number of ether oxygens (including phenoxy) is 2. The number of hydrogen-bond acceptors (Lipinski definition) is 7. The summed E-state index contributed by atoms with van der Waals surface area (Å²) in [6, 6.07) is 14.4. The third-order valence-corrected chi connectivity index (χ3v) is 6.25. The number of methoxy groups -OCH3 is 2. The Morgan fingerprint density at radius 3 is 2.44 bits per heavy atom. The van der Waals surface area contributed by atoms with Crippen molar-refractivity contribution in [2.45, 2.75) is 11.8 Å². The molecule has 0 unspecified atom stereocenters. The van der Waals surface area contributed by atoms with E-state index < -0.39 is 22.5 Å². The van der Waals surface area contributed by atoms with Crippen LogP contribution in [0.1, 0.15) is 11.3 Å². The van der Waals surface area contributed by atoms with Gasteiger partial charge in [0.1, 0.15) is 12.3 Å². The number of hydrogen-bond donors (Lipinski definition) is 1. The van der Waals surface area contributed by atoms with Crippen LogP contribution in [-0.4, -0.2) is 41.3 Å². The minimum atomic E-state index is -4.12. The first-order valence-electron chi connectivity index (χ1n) is 9.52. The minimum absolute atomic E-state index is 0.0531. The summed E-state index contributed by atoms with van der Waals surface area (Å²) in [4.78, 5) is 12.5. The molecule has 1 aromatic heterocycles. The molecule has 0 fully saturated rings. The molecule has 0 aliphatic rings. The van der Waals surface area contributed by atoms with Crippen molar-refractivity contribution >= 4 is 27.8 Å². The molecule has 1 heterocycles. The Hall–Kier alpha value is -3.79. The molecular weight excluding hydrogens is 434 g/mol. The van der Waals surface area contributed by atoms with E-state index in [1.165, 1.54) is 44.9 Å². The lowest BCUT2D eigenvalue weighted by Gasteiger charge is -2.24. The fraction of sp³-hybridized carbons (Fsp3) is 0.182. The first-order valence-corrected chi connectivity index (χ1v) is 11.0. The molecule has 0 radical (unpaired) electrons. The molecule has 168 valence electrons. The van der Waals surface area contributed by atoms with E-state index in [1.54, 1.807) is 36.4 Å². The predicted octanol–water partition coefficient (Wildman–Crippen LogP) is 2.95. The average molecular weight is 458 g/mol. The molecule has 3 rings (SSSR count). The number of sulfonamides is 1. The highest BCUT2D eigenvalue weighted by atomic mass is 32.2. The van der Waals surface area contributed by atoms with Crippen LogP contribution < -0.4 is 19.2 Å². The molecule has 0 saturated carbocycles. The standard InChI is InChI=1S/C22H23N3O6S/c1-16-6-8-17(9-7-16)25(15-22(26)24-23-14-18-5-4-12-31-18)32(27,28)19-10-11-20(29-2)21(13-19)30-3/h4-14H,15H2,1-3H3,(H,24,26)/b23-14-. The van der Waals surface area contributed by atoms with Crippen molar-refractivity contribution in [2.24, 2.45) is 5.10 Å². The molecule has 10 heteroatoms. The van der Waals surface area contributed by atoms with Gasteiger partial charge in [-0.1, -0.05) is 17.7 Å². The van der Waals surface area contributed by atoms with Crippen molar-refractivity contribution in [1.29, 1.82) is 0 Å². The number of amides is 1. The monoisotopic (exact) mass is 457 g/mol. The van der Waals surface area contributed by atoms with Gasteiger partial charge in [-0.05, 0) is 43.3 Å². The highest BCUT2D eigenvalue weighted by Crippen LogP contribution is 2.32. The number of hydrazone groups is 1. The maximum Gasteiger partial charge on any atom is 0.264 e. The molecular formula is C22H23N3O6S. The molecule has 2 aromatic carbocycles. The van der Waals surface area contributed by atoms with Crippen LogP contribution in [0.4, 0.5) is 5.69 Å². The van der Waals surface area contributed by atoms with Crippen molar-refractivity contribution in [3.63, 3.8) is 0 Å². The van der Waals surface area contributed by atoms with Gasteiger partial charge in [0.15, 0.2) is 11.5 Å². The zero-order chi connectivity index (χ0) is 23.1. The van der Waals surface area contributed by atoms with Crippen LogP contribution in [0.2, 0.25) is 0 Å². The van der Waals surface area contributed by atoms with E-state index >= 15 is 0 Å². The maximum atomic E-state index is 13.5. The second kappa shape index (κ2) is 10.0. The molecule has 3 aromatic rings. The molecule has 0 atom stereocenters. The van der Waals surface area contributed by atoms with Gasteiger partial charge < -0.3 is 13.9 Å². The highest BCUT2D eigenvalue weighted by Gasteiger charge is 2.28. The Balaban J connectivity index is 1.91. The van der Waals surface area contributed by atoms with Gasteiger partial charge in [0.25, 0.3) is 15.9 Å². The summed E-state index contributed by atoms with van der Waals surface area (Å²) >= 11 is 0. The SMILES string of the molecule is COc1ccc(S(=O)(=O)N(CC(=O)N/N=C\c2ccco2)c2ccc(C)cc2)cc1OC. The number of aryl methyl sites for hydroxylation is 1. The van der Waals surface area contributed by atoms with Gasteiger partial charge in [0.2, 0.25) is 0 Å². The van der Waals surface area contributed by atoms with Crippen LogP contribution in [0.15, 0.2) is 75.3 Å². The maximum absolute atomic E-state index is 13.5. The number of benzene rings is 2. The Labute approximate surface area is 186 Å². The zero-order valence-electron chi connectivity index (χ0n) is 17.8. The van der Waals surface area contributed by atoms with Gasteiger partial charge in [0, 0.05) is 6.07 Å². The third kappa shape index (κ3) is 5.27. The second-order valence-electron chi connectivity index (χ2n) is 6.67. The largest absolute Gasteiger partial charge is 0.493 e. The van der Waals surface area contributed by atoms with E-state index in [0.717, 1.165) is 9.87 Å². The highest BCUT2D eigenvalue weighted by molar-refractivity contribution is 7.92. The summed E-state index contributed by atoms with van der Waals surface area (Å²) in [5.41, 5.74) is 3.59. The normalized spacial score (nSPS) is 11.3. The van der Waals surface area contributed by atoms with Crippen molar-refractivity contribution in [1.82, 2.24) is 5.43 Å². The van der Waals surface area contributed by atoms with Gasteiger partial charge >= 0.3 is 0 Å². The van der Waals surface area contributed by atoms with Gasteiger partial charge in [-0.3, -0.25) is 9.10 Å². The fourth-order valence-electron chi connectivity index (χ4n) is 2.83. The average Bonchev–Trinajstić information content (AvgIpc) is 3.31. The summed E-state index contributed by atoms with van der Waals surface area (Å²) < 4.78 is 43.5. The van der Waals surface area contributed by atoms with Crippen LogP contribution in [0, 0.1) is 6.92 Å². The van der Waals surface area contributed by atoms with Crippen molar-refractivity contribution in [3.8, 4) is 11.5 Å². The predicted molar refractivity (Wildman–Crippen MR) is 120 cm³/mol. The summed E-state index contributed by atoms with van der Waals surface area (Å²) in [5.74, 6) is 0.458. The number of rotatable bonds is 9. The van der Waals surface area contributed by atoms with E-state index in [-0.39, 0.29) is 10.6 Å². The Morgan fingerprint density at radius 1 is 1.09 bits per heavy atom. The van der Waals surface area contributed by atoms with Crippen molar-refractivity contribution in [3.05, 3.63) is 72.2 Å². The van der Waals surface area contributed by atoms with Crippen LogP contribution in [0.25, 0.3) is 0 Å². The van der Waals surface area contributed by atoms with Crippen LogP contribution in [0.3, 0.4) is 0 Å². The summed E-state index contributed by atoms with van der Waals surface area (Å²) in [6.07, 6.45) is 2.79. The second-order valence-corrected chi connectivity index (χ2v) is 8.53. The van der Waals surface area contributed by atoms with E-state index in [0.29, 0.717) is 17.2 Å². The number of carbonyl (C=O) groups excluding carboxylic acids is 1. The fourth-order valence-corrected chi connectivity index (χ4v) is 4.27. The first-order chi connectivity index (χ1) is 15.3. The minimum Gasteiger partial charge on any atom is -0.493 e. The molecule has 0 aliphatic heterocycles. The van der Waals surface area contributed by atoms with Gasteiger partial charge in [-0.15, -0.1) is 0 Å². The molecule has 32 heavy (non-hydrogen) atoms. The van der Waals surface area contributed by atoms with Crippen LogP contribution in [0.5, 0.6) is 11.5 Å². The van der Waals surface area contributed by atoms with Gasteiger partial charge in [-0.25, -0.2) is 13.8 Å². The number of carbonyl (C=O) groups is 1. The summed E-state index contributed by atoms with van der Waals surface area (Å²) in [6.45, 7) is 1.39. The van der Waals surface area contributed by atoms with E-state index in [1.807, 2.05) is 6.92 Å². The molecule has 0 saturated heterocycles. The van der Waals surface area contributed by atoms with Crippen molar-refractivity contribution in [2.75, 3.05) is 25.1 Å². The molecule has 9 nitrogen and oxygen atoms in total. The van der Waals surface area contributed by atoms with Crippen molar-refractivity contribution < 1.29 is 27.1 Å². The zero-order valence-corrected chi connectivity index (χ0v) is 18.6. The summed E-state index contributed by atoms with van der Waals surface area (Å²) in [5, 5.41) is 3.80.